The topological polar surface area (TPSA) is 122 Å². The van der Waals surface area contributed by atoms with Crippen molar-refractivity contribution in [3.8, 4) is 0 Å². The Kier molecular flexibility index (Phi) is 4.09. The first-order valence-corrected chi connectivity index (χ1v) is 7.80. The second-order valence-electron chi connectivity index (χ2n) is 3.23. The first kappa shape index (κ1) is 14.9. The van der Waals surface area contributed by atoms with E-state index in [1.165, 1.54) is 0 Å². The lowest BCUT2D eigenvalue weighted by Crippen LogP contribution is -2.16. The summed E-state index contributed by atoms with van der Waals surface area (Å²) in [6.07, 6.45) is 1.01. The summed E-state index contributed by atoms with van der Waals surface area (Å²) in [5.74, 6) is -1.71. The van der Waals surface area contributed by atoms with Crippen molar-refractivity contribution < 1.29 is 18.3 Å². The fourth-order valence-corrected chi connectivity index (χ4v) is 3.66. The van der Waals surface area contributed by atoms with E-state index in [1.54, 1.807) is 0 Å². The number of carbonyl (C=O) groups is 1. The van der Waals surface area contributed by atoms with Gasteiger partial charge in [-0.15, -0.1) is 11.3 Å². The molecule has 2 N–H and O–H groups in total. The van der Waals surface area contributed by atoms with Crippen molar-refractivity contribution in [3.05, 3.63) is 27.7 Å². The third kappa shape index (κ3) is 2.82. The van der Waals surface area contributed by atoms with Crippen LogP contribution < -0.4 is 4.72 Å². The molecule has 0 bridgehead atoms. The number of hydrogen-bond acceptors (Lipinski definition) is 7. The molecule has 0 aliphatic carbocycles. The molecule has 0 fully saturated rings. The zero-order chi connectivity index (χ0) is 14.9. The summed E-state index contributed by atoms with van der Waals surface area (Å²) >= 11 is 12.0. The summed E-state index contributed by atoms with van der Waals surface area (Å²) < 4.78 is 25.7. The van der Waals surface area contributed by atoms with Gasteiger partial charge in [0.15, 0.2) is 20.9 Å². The van der Waals surface area contributed by atoms with Gasteiger partial charge in [-0.05, 0) is 0 Å². The van der Waals surface area contributed by atoms with Gasteiger partial charge in [-0.3, -0.25) is 4.72 Å². The van der Waals surface area contributed by atoms with Crippen LogP contribution in [0.15, 0.2) is 16.0 Å². The van der Waals surface area contributed by atoms with E-state index in [-0.39, 0.29) is 16.0 Å². The molecule has 106 valence electrons. The Morgan fingerprint density at radius 1 is 1.30 bits per heavy atom. The molecule has 0 saturated carbocycles. The van der Waals surface area contributed by atoms with Crippen LogP contribution in [0.1, 0.15) is 10.5 Å². The molecule has 0 amide bonds. The molecule has 2 aromatic rings. The average Bonchev–Trinajstić information content (AvgIpc) is 2.85. The van der Waals surface area contributed by atoms with Gasteiger partial charge in [0.25, 0.3) is 10.0 Å². The maximum atomic E-state index is 12.1. The van der Waals surface area contributed by atoms with Crippen LogP contribution >= 0.6 is 34.5 Å². The monoisotopic (exact) mass is 354 g/mol. The number of nitrogens with one attached hydrogen (secondary N) is 1. The standard InChI is InChI=1S/C8H4Cl2N4O4S2/c9-3-5(10)11-1-12-6(3)14-20(17,18)8-4(7(15)16)13-2-19-8/h1-2H,(H,15,16)(H,11,12,14). The second kappa shape index (κ2) is 5.48. The Hall–Kier alpha value is -1.49. The molecular weight excluding hydrogens is 351 g/mol. The summed E-state index contributed by atoms with van der Waals surface area (Å²) in [6, 6.07) is 0. The summed E-state index contributed by atoms with van der Waals surface area (Å²) in [4.78, 5) is 21.5. The predicted octanol–water partition coefficient (Wildman–Crippen LogP) is 1.74. The number of sulfonamides is 1. The number of nitrogens with zero attached hydrogens (tertiary/aromatic N) is 3. The van der Waals surface area contributed by atoms with E-state index in [0.717, 1.165) is 11.8 Å². The van der Waals surface area contributed by atoms with Crippen molar-refractivity contribution in [1.29, 1.82) is 0 Å². The van der Waals surface area contributed by atoms with Gasteiger partial charge in [0.2, 0.25) is 0 Å². The largest absolute Gasteiger partial charge is 0.476 e. The van der Waals surface area contributed by atoms with Gasteiger partial charge in [0.1, 0.15) is 11.3 Å². The summed E-state index contributed by atoms with van der Waals surface area (Å²) in [5.41, 5.74) is 0.519. The highest BCUT2D eigenvalue weighted by atomic mass is 35.5. The lowest BCUT2D eigenvalue weighted by molar-refractivity contribution is 0.0687. The highest BCUT2D eigenvalue weighted by Gasteiger charge is 2.27. The van der Waals surface area contributed by atoms with Crippen LogP contribution in [0.2, 0.25) is 10.2 Å². The third-order valence-corrected chi connectivity index (χ3v) is 5.41. The zero-order valence-corrected chi connectivity index (χ0v) is 12.4. The van der Waals surface area contributed by atoms with Crippen LogP contribution in [0.25, 0.3) is 0 Å². The van der Waals surface area contributed by atoms with Crippen molar-refractivity contribution in [2.24, 2.45) is 0 Å². The first-order chi connectivity index (χ1) is 9.33. The van der Waals surface area contributed by atoms with Crippen molar-refractivity contribution in [2.45, 2.75) is 4.21 Å². The van der Waals surface area contributed by atoms with Gasteiger partial charge in [-0.1, -0.05) is 23.2 Å². The maximum absolute atomic E-state index is 12.1. The molecule has 0 aliphatic heterocycles. The predicted molar refractivity (Wildman–Crippen MR) is 71.9 cm³/mol. The van der Waals surface area contributed by atoms with Crippen LogP contribution in [0.3, 0.4) is 0 Å². The molecule has 2 aromatic heterocycles. The van der Waals surface area contributed by atoms with E-state index in [9.17, 15) is 13.2 Å². The number of anilines is 1. The molecule has 0 aliphatic rings. The summed E-state index contributed by atoms with van der Waals surface area (Å²) in [6.45, 7) is 0. The number of carboxylic acid groups (broad SMARTS) is 1. The Morgan fingerprint density at radius 2 is 2.00 bits per heavy atom. The highest BCUT2D eigenvalue weighted by molar-refractivity contribution is 7.94. The Labute approximate surface area is 126 Å². The minimum Gasteiger partial charge on any atom is -0.476 e. The van der Waals surface area contributed by atoms with Crippen LogP contribution in [0.4, 0.5) is 5.82 Å². The van der Waals surface area contributed by atoms with Crippen LogP contribution in [-0.4, -0.2) is 34.4 Å². The number of thiazole rings is 1. The fourth-order valence-electron chi connectivity index (χ4n) is 1.16. The Bertz CT molecular complexity index is 777. The van der Waals surface area contributed by atoms with E-state index < -0.39 is 25.9 Å². The number of halogens is 2. The normalized spacial score (nSPS) is 11.3. The third-order valence-electron chi connectivity index (χ3n) is 1.96. The quantitative estimate of drug-likeness (QED) is 0.801. The van der Waals surface area contributed by atoms with Crippen LogP contribution in [-0.2, 0) is 10.0 Å². The molecule has 0 atom stereocenters. The molecular formula is C8H4Cl2N4O4S2. The minimum atomic E-state index is -4.19. The van der Waals surface area contributed by atoms with Gasteiger partial charge < -0.3 is 5.11 Å². The average molecular weight is 355 g/mol. The van der Waals surface area contributed by atoms with Gasteiger partial charge >= 0.3 is 5.97 Å². The lowest BCUT2D eigenvalue weighted by atomic mass is 10.5. The number of rotatable bonds is 4. The number of carboxylic acids is 1. The van der Waals surface area contributed by atoms with Crippen molar-refractivity contribution >= 4 is 56.3 Å². The maximum Gasteiger partial charge on any atom is 0.356 e. The SMILES string of the molecule is O=C(O)c1ncsc1S(=O)(=O)Nc1ncnc(Cl)c1Cl. The van der Waals surface area contributed by atoms with Crippen molar-refractivity contribution in [1.82, 2.24) is 15.0 Å². The Morgan fingerprint density at radius 3 is 2.65 bits per heavy atom. The molecule has 20 heavy (non-hydrogen) atoms. The molecule has 0 radical (unpaired) electrons. The van der Waals surface area contributed by atoms with Crippen LogP contribution in [0.5, 0.6) is 0 Å². The van der Waals surface area contributed by atoms with Gasteiger partial charge in [-0.25, -0.2) is 28.2 Å². The van der Waals surface area contributed by atoms with E-state index in [4.69, 9.17) is 28.3 Å². The van der Waals surface area contributed by atoms with E-state index >= 15 is 0 Å². The summed E-state index contributed by atoms with van der Waals surface area (Å²) in [7, 11) is -4.19. The molecule has 2 heterocycles. The van der Waals surface area contributed by atoms with Gasteiger partial charge in [-0.2, -0.15) is 0 Å². The fraction of sp³-hybridized carbons (Fsp3) is 0. The molecule has 0 aromatic carbocycles. The smallest absolute Gasteiger partial charge is 0.356 e. The number of aromatic carboxylic acids is 1. The van der Waals surface area contributed by atoms with E-state index in [2.05, 4.69) is 15.0 Å². The van der Waals surface area contributed by atoms with Gasteiger partial charge in [0.05, 0.1) is 5.51 Å². The lowest BCUT2D eigenvalue weighted by Gasteiger charge is -2.07. The zero-order valence-electron chi connectivity index (χ0n) is 9.24. The number of aromatic nitrogens is 3. The van der Waals surface area contributed by atoms with E-state index in [0.29, 0.717) is 11.3 Å². The number of hydrogen-bond donors (Lipinski definition) is 2. The van der Waals surface area contributed by atoms with Crippen molar-refractivity contribution in [3.63, 3.8) is 0 Å². The summed E-state index contributed by atoms with van der Waals surface area (Å²) in [5, 5.41) is 8.53. The Balaban J connectivity index is 2.44. The molecule has 0 spiro atoms. The highest BCUT2D eigenvalue weighted by Crippen LogP contribution is 2.29. The molecule has 2 rings (SSSR count). The minimum absolute atomic E-state index is 0.137. The van der Waals surface area contributed by atoms with Crippen LogP contribution in [0, 0.1) is 0 Å². The molecule has 0 saturated heterocycles. The molecule has 12 heteroatoms. The second-order valence-corrected chi connectivity index (χ2v) is 6.69. The van der Waals surface area contributed by atoms with Gasteiger partial charge in [0, 0.05) is 0 Å². The van der Waals surface area contributed by atoms with E-state index in [1.807, 2.05) is 4.72 Å². The molecule has 8 nitrogen and oxygen atoms in total. The molecule has 0 unspecified atom stereocenters. The van der Waals surface area contributed by atoms with Crippen molar-refractivity contribution in [2.75, 3.05) is 4.72 Å². The first-order valence-electron chi connectivity index (χ1n) is 4.68.